The summed E-state index contributed by atoms with van der Waals surface area (Å²) in [5.41, 5.74) is 0.339. The lowest BCUT2D eigenvalue weighted by Gasteiger charge is -2.42. The van der Waals surface area contributed by atoms with Crippen LogP contribution in [0.1, 0.15) is 22.6 Å². The number of hydrogen-bond donors (Lipinski definition) is 3. The molecule has 9 heteroatoms. The Morgan fingerprint density at radius 1 is 1.41 bits per heavy atom. The summed E-state index contributed by atoms with van der Waals surface area (Å²) in [6, 6.07) is 4.78. The largest absolute Gasteiger partial charge is 0.388 e. The van der Waals surface area contributed by atoms with E-state index in [-0.39, 0.29) is 19.6 Å². The highest BCUT2D eigenvalue weighted by molar-refractivity contribution is 6.33. The quantitative estimate of drug-likeness (QED) is 0.600. The highest BCUT2D eigenvalue weighted by Crippen LogP contribution is 2.42. The Hall–Kier alpha value is -2.29. The average molecular weight is 421 g/mol. The molecule has 1 saturated heterocycles. The molecule has 4 heterocycles. The Kier molecular flexibility index (Phi) is 4.45. The fraction of sp³-hybridized carbons (Fsp3) is 0.450. The summed E-state index contributed by atoms with van der Waals surface area (Å²) in [5.74, 6) is 0.300. The van der Waals surface area contributed by atoms with Gasteiger partial charge in [0.2, 0.25) is 0 Å². The molecule has 2 aliphatic rings. The number of aliphatic hydroxyl groups is 1. The highest BCUT2D eigenvalue weighted by Gasteiger charge is 2.47. The molecule has 7 nitrogen and oxygen atoms in total. The number of nitrogens with zero attached hydrogens (tertiary/aromatic N) is 4. The number of hydrogen-bond acceptors (Lipinski definition) is 6. The van der Waals surface area contributed by atoms with Crippen molar-refractivity contribution >= 4 is 28.5 Å². The van der Waals surface area contributed by atoms with Crippen LogP contribution in [0.15, 0.2) is 24.4 Å². The number of nitrogens with one attached hydrogen (secondary N) is 2. The Bertz CT molecular complexity index is 1080. The third-order valence-electron chi connectivity index (χ3n) is 6.06. The Labute approximate surface area is 175 Å². The van der Waals surface area contributed by atoms with Gasteiger partial charge >= 0.3 is 0 Å². The normalized spacial score (nSPS) is 22.1. The van der Waals surface area contributed by atoms with E-state index in [9.17, 15) is 9.50 Å². The predicted molar refractivity (Wildman–Crippen MR) is 114 cm³/mol. The molecule has 2 atom stereocenters. The van der Waals surface area contributed by atoms with Crippen LogP contribution in [-0.4, -0.2) is 56.5 Å². The minimum Gasteiger partial charge on any atom is -0.388 e. The Morgan fingerprint density at radius 2 is 2.24 bits per heavy atom. The van der Waals surface area contributed by atoms with E-state index >= 15 is 0 Å². The Morgan fingerprint density at radius 3 is 3.03 bits per heavy atom. The summed E-state index contributed by atoms with van der Waals surface area (Å²) >= 11 is 6.39. The van der Waals surface area contributed by atoms with Crippen molar-refractivity contribution < 1.29 is 12.4 Å². The van der Waals surface area contributed by atoms with Gasteiger partial charge in [-0.25, -0.2) is 14.4 Å². The first kappa shape index (κ1) is 18.7. The molecule has 29 heavy (non-hydrogen) atoms. The lowest BCUT2D eigenvalue weighted by molar-refractivity contribution is -0.00278. The first-order chi connectivity index (χ1) is 13.9. The van der Waals surface area contributed by atoms with Gasteiger partial charge in [0.05, 0.1) is 22.4 Å². The van der Waals surface area contributed by atoms with Gasteiger partial charge < -0.3 is 15.3 Å². The maximum atomic E-state index is 14.8. The lowest BCUT2D eigenvalue weighted by atomic mass is 9.89. The second-order valence-corrected chi connectivity index (χ2v) is 8.46. The molecule has 3 aromatic heterocycles. The van der Waals surface area contributed by atoms with Gasteiger partial charge in [0.15, 0.2) is 11.5 Å². The zero-order chi connectivity index (χ0) is 20.2. The molecule has 1 aliphatic carbocycles. The number of anilines is 1. The van der Waals surface area contributed by atoms with Gasteiger partial charge in [-0.05, 0) is 43.9 Å². The minimum absolute atomic E-state index is 0. The number of fused-ring (bicyclic) bond motifs is 1. The van der Waals surface area contributed by atoms with Gasteiger partial charge in [0.1, 0.15) is 11.5 Å². The second kappa shape index (κ2) is 6.90. The van der Waals surface area contributed by atoms with Crippen molar-refractivity contribution in [2.45, 2.75) is 31.4 Å². The molecular weight excluding hydrogens is 395 g/mol. The van der Waals surface area contributed by atoms with Crippen molar-refractivity contribution in [2.75, 3.05) is 24.5 Å². The maximum absolute atomic E-state index is 14.8. The molecule has 2 fully saturated rings. The molecule has 2 unspecified atom stereocenters. The first-order valence-electron chi connectivity index (χ1n) is 9.81. The summed E-state index contributed by atoms with van der Waals surface area (Å²) in [6.07, 6.45) is 3.73. The van der Waals surface area contributed by atoms with Crippen molar-refractivity contribution in [1.29, 1.82) is 0 Å². The number of aromatic amines is 1. The van der Waals surface area contributed by atoms with E-state index in [4.69, 9.17) is 11.6 Å². The molecule has 1 saturated carbocycles. The standard InChI is InChI=1S/C20H22ClFN6O.2H2/c1-20(29,11-4-5-11)15-10-28(8-7-23-15)19-13(21)9-14(22)17(25-19)16-12-3-2-6-24-18(12)27-26-16;;/h2-3,6,9,11,15,23,29H,4-5,7-8,10H2,1H3,(H,24,26,27);2*1H. The van der Waals surface area contributed by atoms with Gasteiger partial charge in [-0.2, -0.15) is 5.10 Å². The van der Waals surface area contributed by atoms with Crippen molar-refractivity contribution in [3.05, 3.63) is 35.2 Å². The van der Waals surface area contributed by atoms with E-state index in [0.29, 0.717) is 48.1 Å². The van der Waals surface area contributed by atoms with Crippen molar-refractivity contribution in [1.82, 2.24) is 25.5 Å². The zero-order valence-electron chi connectivity index (χ0n) is 16.0. The van der Waals surface area contributed by atoms with Gasteiger partial charge in [-0.15, -0.1) is 0 Å². The first-order valence-corrected chi connectivity index (χ1v) is 10.2. The number of piperazine rings is 1. The summed E-state index contributed by atoms with van der Waals surface area (Å²) in [4.78, 5) is 10.8. The average Bonchev–Trinajstić information content (AvgIpc) is 3.50. The SMILES string of the molecule is CC(O)(C1CC1)C1CN(c2nc(-c3[nH]nc4ncccc34)c(F)cc2Cl)CCN1.[HH].[HH]. The predicted octanol–water partition coefficient (Wildman–Crippen LogP) is 3.24. The monoisotopic (exact) mass is 420 g/mol. The lowest BCUT2D eigenvalue weighted by Crippen LogP contribution is -2.61. The molecule has 0 radical (unpaired) electrons. The molecular formula is C20H26ClFN6O. The topological polar surface area (TPSA) is 90.0 Å². The molecule has 0 amide bonds. The van der Waals surface area contributed by atoms with E-state index in [1.165, 1.54) is 6.07 Å². The summed E-state index contributed by atoms with van der Waals surface area (Å²) in [5, 5.41) is 22.3. The van der Waals surface area contributed by atoms with Gasteiger partial charge in [0.25, 0.3) is 0 Å². The zero-order valence-corrected chi connectivity index (χ0v) is 16.7. The van der Waals surface area contributed by atoms with Crippen LogP contribution in [0.5, 0.6) is 0 Å². The third kappa shape index (κ3) is 3.25. The van der Waals surface area contributed by atoms with E-state index in [2.05, 4.69) is 25.5 Å². The summed E-state index contributed by atoms with van der Waals surface area (Å²) in [6.45, 7) is 3.79. The van der Waals surface area contributed by atoms with Crippen LogP contribution in [0, 0.1) is 11.7 Å². The van der Waals surface area contributed by atoms with Crippen LogP contribution in [0.4, 0.5) is 10.2 Å². The van der Waals surface area contributed by atoms with Crippen LogP contribution in [-0.2, 0) is 0 Å². The molecule has 5 rings (SSSR count). The fourth-order valence-electron chi connectivity index (χ4n) is 4.17. The third-order valence-corrected chi connectivity index (χ3v) is 6.34. The number of H-pyrrole nitrogens is 1. The van der Waals surface area contributed by atoms with Crippen molar-refractivity contribution in [2.24, 2.45) is 5.92 Å². The summed E-state index contributed by atoms with van der Waals surface area (Å²) in [7, 11) is 0. The molecule has 3 N–H and O–H groups in total. The molecule has 0 aromatic carbocycles. The minimum atomic E-state index is -0.792. The van der Waals surface area contributed by atoms with Crippen LogP contribution in [0.25, 0.3) is 22.4 Å². The van der Waals surface area contributed by atoms with E-state index in [0.717, 1.165) is 12.8 Å². The van der Waals surface area contributed by atoms with Crippen LogP contribution < -0.4 is 10.2 Å². The molecule has 0 bridgehead atoms. The second-order valence-electron chi connectivity index (χ2n) is 8.05. The number of rotatable bonds is 4. The molecule has 156 valence electrons. The molecule has 0 spiro atoms. The van der Waals surface area contributed by atoms with Gasteiger partial charge in [-0.1, -0.05) is 11.6 Å². The van der Waals surface area contributed by atoms with Crippen molar-refractivity contribution in [3.63, 3.8) is 0 Å². The number of halogens is 2. The Balaban J connectivity index is 0.00000136. The number of pyridine rings is 2. The van der Waals surface area contributed by atoms with Crippen molar-refractivity contribution in [3.8, 4) is 11.4 Å². The van der Waals surface area contributed by atoms with Crippen LogP contribution >= 0.6 is 11.6 Å². The maximum Gasteiger partial charge on any atom is 0.181 e. The molecule has 3 aromatic rings. The number of aromatic nitrogens is 4. The van der Waals surface area contributed by atoms with Crippen LogP contribution in [0.2, 0.25) is 5.02 Å². The van der Waals surface area contributed by atoms with Gasteiger partial charge in [0, 0.05) is 34.1 Å². The smallest absolute Gasteiger partial charge is 0.181 e. The van der Waals surface area contributed by atoms with E-state index in [1.807, 2.05) is 17.9 Å². The summed E-state index contributed by atoms with van der Waals surface area (Å²) < 4.78 is 14.8. The molecule has 1 aliphatic heterocycles. The highest BCUT2D eigenvalue weighted by atomic mass is 35.5. The van der Waals surface area contributed by atoms with Crippen LogP contribution in [0.3, 0.4) is 0 Å². The van der Waals surface area contributed by atoms with E-state index < -0.39 is 11.4 Å². The van der Waals surface area contributed by atoms with Gasteiger partial charge in [-0.3, -0.25) is 5.10 Å². The fourth-order valence-corrected chi connectivity index (χ4v) is 4.43. The van der Waals surface area contributed by atoms with E-state index in [1.54, 1.807) is 12.3 Å².